The molecular weight excluding hydrogens is 246 g/mol. The Kier molecular flexibility index (Phi) is 4.57. The summed E-state index contributed by atoms with van der Waals surface area (Å²) < 4.78 is 0.652. The highest BCUT2D eigenvalue weighted by Gasteiger charge is 2.24. The van der Waals surface area contributed by atoms with Gasteiger partial charge in [-0.05, 0) is 43.4 Å². The molecule has 3 heteroatoms. The van der Waals surface area contributed by atoms with E-state index in [-0.39, 0.29) is 0 Å². The third-order valence-corrected chi connectivity index (χ3v) is 3.70. The fraction of sp³-hybridized carbons (Fsp3) is 0.529. The Labute approximate surface area is 122 Å². The van der Waals surface area contributed by atoms with Gasteiger partial charge in [0.25, 0.3) is 0 Å². The number of nitriles is 1. The first kappa shape index (κ1) is 14.7. The van der Waals surface area contributed by atoms with Crippen molar-refractivity contribution in [2.75, 3.05) is 21.1 Å². The molecule has 0 aromatic heterocycles. The van der Waals surface area contributed by atoms with Gasteiger partial charge in [0.05, 0.1) is 38.5 Å². The molecule has 1 aliphatic rings. The van der Waals surface area contributed by atoms with Crippen molar-refractivity contribution in [2.24, 2.45) is 11.0 Å². The van der Waals surface area contributed by atoms with Crippen LogP contribution >= 0.6 is 0 Å². The van der Waals surface area contributed by atoms with Crippen LogP contribution in [0.2, 0.25) is 0 Å². The van der Waals surface area contributed by atoms with Crippen LogP contribution < -0.4 is 0 Å². The monoisotopic (exact) mass is 270 g/mol. The summed E-state index contributed by atoms with van der Waals surface area (Å²) in [6, 6.07) is 10.2. The largest absolute Gasteiger partial charge is 0.205 e. The summed E-state index contributed by atoms with van der Waals surface area (Å²) in [5, 5.41) is 13.7. The molecule has 0 saturated heterocycles. The average Bonchev–Trinajstić information content (AvgIpc) is 2.40. The van der Waals surface area contributed by atoms with Crippen LogP contribution in [0, 0.1) is 17.2 Å². The van der Waals surface area contributed by atoms with Gasteiger partial charge in [0, 0.05) is 5.92 Å². The van der Waals surface area contributed by atoms with Crippen molar-refractivity contribution in [1.29, 1.82) is 5.26 Å². The fourth-order valence-corrected chi connectivity index (χ4v) is 2.80. The summed E-state index contributed by atoms with van der Waals surface area (Å²) in [6.07, 6.45) is 5.99. The van der Waals surface area contributed by atoms with Gasteiger partial charge in [0.2, 0.25) is 0 Å². The van der Waals surface area contributed by atoms with E-state index in [4.69, 9.17) is 10.4 Å². The summed E-state index contributed by atoms with van der Waals surface area (Å²) in [4.78, 5) is 0. The zero-order valence-electron chi connectivity index (χ0n) is 12.8. The van der Waals surface area contributed by atoms with Crippen molar-refractivity contribution in [3.05, 3.63) is 35.4 Å². The maximum Gasteiger partial charge on any atom is 0.0991 e. The molecule has 2 rings (SSSR count). The lowest BCUT2D eigenvalue weighted by molar-refractivity contribution is -0.877. The van der Waals surface area contributed by atoms with E-state index in [1.807, 2.05) is 12.1 Å². The lowest BCUT2D eigenvalue weighted by Gasteiger charge is -2.26. The van der Waals surface area contributed by atoms with Gasteiger partial charge in [-0.2, -0.15) is 5.26 Å². The van der Waals surface area contributed by atoms with Crippen molar-refractivity contribution < 1.29 is 4.59 Å². The highest BCUT2D eigenvalue weighted by molar-refractivity contribution is 5.87. The highest BCUT2D eigenvalue weighted by Crippen LogP contribution is 2.26. The molecule has 3 nitrogen and oxygen atoms in total. The molecular formula is C17H24N3+. The third-order valence-electron chi connectivity index (χ3n) is 3.70. The van der Waals surface area contributed by atoms with E-state index in [9.17, 15) is 0 Å². The Morgan fingerprint density at radius 1 is 1.20 bits per heavy atom. The average molecular weight is 270 g/mol. The molecule has 0 bridgehead atoms. The summed E-state index contributed by atoms with van der Waals surface area (Å²) in [5.41, 5.74) is 3.41. The molecule has 1 aromatic rings. The number of quaternary nitrogens is 1. The molecule has 0 radical (unpaired) electrons. The predicted octanol–water partition coefficient (Wildman–Crippen LogP) is 3.35. The highest BCUT2D eigenvalue weighted by atomic mass is 15.6. The van der Waals surface area contributed by atoms with Crippen molar-refractivity contribution in [3.8, 4) is 6.07 Å². The maximum absolute atomic E-state index is 8.85. The molecule has 1 aromatic carbocycles. The molecule has 0 aliphatic heterocycles. The van der Waals surface area contributed by atoms with E-state index in [2.05, 4.69) is 39.3 Å². The number of benzene rings is 1. The smallest absolute Gasteiger partial charge is 0.0991 e. The summed E-state index contributed by atoms with van der Waals surface area (Å²) in [7, 11) is 6.33. The molecule has 0 N–H and O–H groups in total. The molecule has 1 aliphatic carbocycles. The zero-order chi connectivity index (χ0) is 14.6. The van der Waals surface area contributed by atoms with Crippen molar-refractivity contribution in [2.45, 2.75) is 32.1 Å². The Balaban J connectivity index is 2.12. The lowest BCUT2D eigenvalue weighted by Crippen LogP contribution is -2.33. The van der Waals surface area contributed by atoms with Crippen LogP contribution in [0.4, 0.5) is 0 Å². The first-order chi connectivity index (χ1) is 9.48. The zero-order valence-corrected chi connectivity index (χ0v) is 12.8. The standard InChI is InChI=1S/C17H24N3/c1-20(2,3)19-17-7-5-4-6-16(17)12-14-8-10-15(13-18)11-9-14/h8-11,16H,4-7,12H2,1-3H3/q+1/b19-17-. The lowest BCUT2D eigenvalue weighted by atomic mass is 9.83. The van der Waals surface area contributed by atoms with E-state index in [1.54, 1.807) is 0 Å². The van der Waals surface area contributed by atoms with Gasteiger partial charge in [-0.25, -0.2) is 4.59 Å². The van der Waals surface area contributed by atoms with Crippen LogP contribution in [-0.2, 0) is 6.42 Å². The van der Waals surface area contributed by atoms with Crippen LogP contribution in [0.25, 0.3) is 0 Å². The normalized spacial score (nSPS) is 21.7. The van der Waals surface area contributed by atoms with Crippen molar-refractivity contribution in [1.82, 2.24) is 0 Å². The molecule has 1 unspecified atom stereocenters. The minimum atomic E-state index is 0.564. The van der Waals surface area contributed by atoms with E-state index in [0.717, 1.165) is 18.4 Å². The van der Waals surface area contributed by atoms with Gasteiger partial charge >= 0.3 is 0 Å². The number of rotatable bonds is 3. The molecule has 1 saturated carbocycles. The Hall–Kier alpha value is -1.66. The summed E-state index contributed by atoms with van der Waals surface area (Å²) in [5.74, 6) is 0.564. The van der Waals surface area contributed by atoms with Gasteiger partial charge in [-0.3, -0.25) is 0 Å². The van der Waals surface area contributed by atoms with Gasteiger partial charge in [-0.15, -0.1) is 0 Å². The Morgan fingerprint density at radius 2 is 1.90 bits per heavy atom. The number of nitrogens with zero attached hydrogens (tertiary/aromatic N) is 3. The predicted molar refractivity (Wildman–Crippen MR) is 82.3 cm³/mol. The van der Waals surface area contributed by atoms with E-state index < -0.39 is 0 Å². The van der Waals surface area contributed by atoms with Crippen molar-refractivity contribution >= 4 is 5.71 Å². The quantitative estimate of drug-likeness (QED) is 0.613. The first-order valence-electron chi connectivity index (χ1n) is 7.37. The van der Waals surface area contributed by atoms with Gasteiger partial charge in [0.15, 0.2) is 0 Å². The molecule has 1 fully saturated rings. The second kappa shape index (κ2) is 6.19. The second-order valence-corrected chi connectivity index (χ2v) is 6.49. The van der Waals surface area contributed by atoms with Crippen LogP contribution in [0.15, 0.2) is 29.4 Å². The molecule has 0 heterocycles. The van der Waals surface area contributed by atoms with Crippen molar-refractivity contribution in [3.63, 3.8) is 0 Å². The minimum Gasteiger partial charge on any atom is -0.205 e. The van der Waals surface area contributed by atoms with Gasteiger partial charge < -0.3 is 0 Å². The number of hydrogen-bond acceptors (Lipinski definition) is 2. The fourth-order valence-electron chi connectivity index (χ4n) is 2.80. The summed E-state index contributed by atoms with van der Waals surface area (Å²) in [6.45, 7) is 0. The van der Waals surface area contributed by atoms with Crippen LogP contribution in [-0.4, -0.2) is 31.4 Å². The third kappa shape index (κ3) is 4.18. The van der Waals surface area contributed by atoms with Crippen LogP contribution in [0.5, 0.6) is 0 Å². The summed E-state index contributed by atoms with van der Waals surface area (Å²) >= 11 is 0. The van der Waals surface area contributed by atoms with Gasteiger partial charge in [0.1, 0.15) is 0 Å². The minimum absolute atomic E-state index is 0.564. The Morgan fingerprint density at radius 3 is 2.50 bits per heavy atom. The molecule has 20 heavy (non-hydrogen) atoms. The number of hydrogen-bond donors (Lipinski definition) is 0. The Bertz CT molecular complexity index is 515. The maximum atomic E-state index is 8.85. The van der Waals surface area contributed by atoms with Gasteiger partial charge in [-0.1, -0.05) is 23.7 Å². The van der Waals surface area contributed by atoms with E-state index in [1.165, 1.54) is 30.5 Å². The van der Waals surface area contributed by atoms with Crippen LogP contribution in [0.1, 0.15) is 36.8 Å². The van der Waals surface area contributed by atoms with Crippen LogP contribution in [0.3, 0.4) is 0 Å². The van der Waals surface area contributed by atoms with E-state index >= 15 is 0 Å². The van der Waals surface area contributed by atoms with E-state index in [0.29, 0.717) is 10.5 Å². The topological polar surface area (TPSA) is 36.1 Å². The molecule has 106 valence electrons. The first-order valence-corrected chi connectivity index (χ1v) is 7.37. The molecule has 0 spiro atoms. The molecule has 1 atom stereocenters. The SMILES string of the molecule is C[N+](C)(C)/N=C1/CCCCC1Cc1ccc(C#N)cc1. The molecule has 0 amide bonds. The second-order valence-electron chi connectivity index (χ2n) is 6.49.